The highest BCUT2D eigenvalue weighted by Crippen LogP contribution is 2.16. The van der Waals surface area contributed by atoms with E-state index in [1.54, 1.807) is 12.1 Å². The zero-order valence-corrected chi connectivity index (χ0v) is 14.7. The van der Waals surface area contributed by atoms with Crippen LogP contribution in [0.2, 0.25) is 0 Å². The number of ether oxygens (including phenoxy) is 1. The summed E-state index contributed by atoms with van der Waals surface area (Å²) in [5.74, 6) is -1.68. The van der Waals surface area contributed by atoms with Crippen LogP contribution in [0.15, 0.2) is 54.6 Å². The largest absolute Gasteiger partial charge is 0.478 e. The lowest BCUT2D eigenvalue weighted by Gasteiger charge is -2.15. The Labute approximate surface area is 151 Å². The number of carbonyl (C=O) groups is 2. The van der Waals surface area contributed by atoms with E-state index in [9.17, 15) is 14.0 Å². The molecule has 2 aromatic carbocycles. The maximum absolute atomic E-state index is 13.5. The average Bonchev–Trinajstić information content (AvgIpc) is 2.66. The maximum atomic E-state index is 13.5. The molecular weight excluding hydrogens is 335 g/mol. The van der Waals surface area contributed by atoms with Crippen LogP contribution in [0.1, 0.15) is 25.0 Å². The van der Waals surface area contributed by atoms with Crippen molar-refractivity contribution in [3.8, 4) is 5.75 Å². The first-order valence-electron chi connectivity index (χ1n) is 8.27. The molecule has 136 valence electrons. The monoisotopic (exact) mass is 356 g/mol. The number of carbonyl (C=O) groups excluding carboxylic acids is 2. The average molecular weight is 356 g/mol. The molecule has 0 saturated carbocycles. The van der Waals surface area contributed by atoms with Crippen LogP contribution in [-0.4, -0.2) is 17.9 Å². The molecule has 6 heteroatoms. The van der Waals surface area contributed by atoms with Crippen LogP contribution in [-0.2, 0) is 16.0 Å². The summed E-state index contributed by atoms with van der Waals surface area (Å²) in [5.41, 5.74) is 6.58. The summed E-state index contributed by atoms with van der Waals surface area (Å²) in [6.07, 6.45) is 2.92. The van der Waals surface area contributed by atoms with Crippen molar-refractivity contribution in [2.24, 2.45) is 0 Å². The minimum Gasteiger partial charge on any atom is -0.478 e. The zero-order valence-electron chi connectivity index (χ0n) is 14.7. The Hall–Kier alpha value is -3.15. The third-order valence-electron chi connectivity index (χ3n) is 3.63. The Morgan fingerprint density at radius 1 is 1.12 bits per heavy atom. The molecule has 0 unspecified atom stereocenters. The summed E-state index contributed by atoms with van der Waals surface area (Å²) in [4.78, 5) is 23.7. The fraction of sp³-hybridized carbons (Fsp3) is 0.200. The number of hydrogen-bond acceptors (Lipinski definition) is 3. The van der Waals surface area contributed by atoms with Gasteiger partial charge in [-0.05, 0) is 42.7 Å². The van der Waals surface area contributed by atoms with Crippen molar-refractivity contribution in [2.75, 3.05) is 0 Å². The molecule has 26 heavy (non-hydrogen) atoms. The molecule has 2 amide bonds. The number of benzene rings is 2. The van der Waals surface area contributed by atoms with Crippen LogP contribution < -0.4 is 15.6 Å². The van der Waals surface area contributed by atoms with Gasteiger partial charge in [0.1, 0.15) is 0 Å². The molecule has 0 bridgehead atoms. The van der Waals surface area contributed by atoms with Crippen molar-refractivity contribution in [2.45, 2.75) is 26.4 Å². The van der Waals surface area contributed by atoms with Crippen molar-refractivity contribution >= 4 is 17.9 Å². The summed E-state index contributed by atoms with van der Waals surface area (Å²) >= 11 is 0. The van der Waals surface area contributed by atoms with Crippen LogP contribution in [0.5, 0.6) is 5.75 Å². The van der Waals surface area contributed by atoms with Crippen molar-refractivity contribution in [3.05, 3.63) is 71.6 Å². The van der Waals surface area contributed by atoms with Crippen molar-refractivity contribution in [1.29, 1.82) is 0 Å². The molecule has 2 rings (SSSR count). The van der Waals surface area contributed by atoms with E-state index in [0.717, 1.165) is 12.0 Å². The van der Waals surface area contributed by atoms with Gasteiger partial charge in [0.25, 0.3) is 11.8 Å². The molecule has 0 aliphatic heterocycles. The quantitative estimate of drug-likeness (QED) is 0.618. The van der Waals surface area contributed by atoms with Gasteiger partial charge in [0.2, 0.25) is 0 Å². The first-order chi connectivity index (χ1) is 12.5. The molecule has 0 spiro atoms. The summed E-state index contributed by atoms with van der Waals surface area (Å²) in [5, 5.41) is 0. The van der Waals surface area contributed by atoms with Crippen LogP contribution in [0.25, 0.3) is 6.08 Å². The van der Waals surface area contributed by atoms with Crippen LogP contribution in [0, 0.1) is 5.82 Å². The van der Waals surface area contributed by atoms with Gasteiger partial charge in [0.15, 0.2) is 17.7 Å². The second-order valence-corrected chi connectivity index (χ2v) is 5.60. The van der Waals surface area contributed by atoms with Gasteiger partial charge in [0.05, 0.1) is 0 Å². The number of nitrogens with one attached hydrogen (secondary N) is 2. The van der Waals surface area contributed by atoms with Crippen molar-refractivity contribution < 1.29 is 18.7 Å². The van der Waals surface area contributed by atoms with Gasteiger partial charge in [-0.1, -0.05) is 43.3 Å². The Bertz CT molecular complexity index is 788. The van der Waals surface area contributed by atoms with Gasteiger partial charge < -0.3 is 4.74 Å². The summed E-state index contributed by atoms with van der Waals surface area (Å²) in [7, 11) is 0. The molecule has 0 aliphatic rings. The third-order valence-corrected chi connectivity index (χ3v) is 3.63. The molecule has 5 nitrogen and oxygen atoms in total. The second kappa shape index (κ2) is 9.36. The first kappa shape index (κ1) is 19.2. The number of para-hydroxylation sites is 1. The van der Waals surface area contributed by atoms with Crippen LogP contribution >= 0.6 is 0 Å². The molecule has 0 aliphatic carbocycles. The minimum absolute atomic E-state index is 0.0306. The van der Waals surface area contributed by atoms with Gasteiger partial charge in [-0.3, -0.25) is 20.4 Å². The van der Waals surface area contributed by atoms with Gasteiger partial charge in [-0.2, -0.15) is 0 Å². The van der Waals surface area contributed by atoms with E-state index in [1.165, 1.54) is 36.8 Å². The summed E-state index contributed by atoms with van der Waals surface area (Å²) in [6, 6.07) is 13.6. The van der Waals surface area contributed by atoms with Crippen molar-refractivity contribution in [1.82, 2.24) is 10.9 Å². The third kappa shape index (κ3) is 5.73. The number of hydrogen-bond donors (Lipinski definition) is 2. The number of hydrazine groups is 1. The van der Waals surface area contributed by atoms with Crippen molar-refractivity contribution in [3.63, 3.8) is 0 Å². The van der Waals surface area contributed by atoms with E-state index in [0.29, 0.717) is 0 Å². The fourth-order valence-corrected chi connectivity index (χ4v) is 2.09. The Kier molecular flexibility index (Phi) is 6.91. The molecule has 0 aromatic heterocycles. The van der Waals surface area contributed by atoms with Gasteiger partial charge in [-0.25, -0.2) is 4.39 Å². The lowest BCUT2D eigenvalue weighted by Crippen LogP contribution is -2.46. The second-order valence-electron chi connectivity index (χ2n) is 5.60. The normalized spacial score (nSPS) is 11.8. The van der Waals surface area contributed by atoms with E-state index < -0.39 is 23.7 Å². The standard InChI is InChI=1S/C20H21FN2O3/c1-3-15-8-10-16(11-9-15)12-13-19(24)22-23-20(25)14(2)26-18-7-5-4-6-17(18)21/h4-14H,3H2,1-2H3,(H,22,24)(H,23,25)/b13-12+/t14-/m1/s1. The molecular formula is C20H21FN2O3. The molecule has 0 fully saturated rings. The van der Waals surface area contributed by atoms with Gasteiger partial charge in [0, 0.05) is 6.08 Å². The van der Waals surface area contributed by atoms with E-state index in [2.05, 4.69) is 17.8 Å². The highest BCUT2D eigenvalue weighted by molar-refractivity contribution is 5.93. The SMILES string of the molecule is CCc1ccc(/C=C/C(=O)NNC(=O)[C@@H](C)Oc2ccccc2F)cc1. The van der Waals surface area contributed by atoms with E-state index in [1.807, 2.05) is 24.3 Å². The Balaban J connectivity index is 1.81. The molecule has 2 N–H and O–H groups in total. The van der Waals surface area contributed by atoms with Crippen LogP contribution in [0.3, 0.4) is 0 Å². The van der Waals surface area contributed by atoms with Gasteiger partial charge >= 0.3 is 0 Å². The highest BCUT2D eigenvalue weighted by Gasteiger charge is 2.16. The number of aryl methyl sites for hydroxylation is 1. The number of halogens is 1. The molecule has 2 aromatic rings. The smallest absolute Gasteiger partial charge is 0.279 e. The lowest BCUT2D eigenvalue weighted by atomic mass is 10.1. The Morgan fingerprint density at radius 2 is 1.81 bits per heavy atom. The summed E-state index contributed by atoms with van der Waals surface area (Å²) < 4.78 is 18.7. The van der Waals surface area contributed by atoms with E-state index in [-0.39, 0.29) is 5.75 Å². The topological polar surface area (TPSA) is 67.4 Å². The summed E-state index contributed by atoms with van der Waals surface area (Å²) in [6.45, 7) is 3.52. The molecule has 1 atom stereocenters. The maximum Gasteiger partial charge on any atom is 0.279 e. The lowest BCUT2D eigenvalue weighted by molar-refractivity contribution is -0.131. The predicted molar refractivity (Wildman–Crippen MR) is 97.6 cm³/mol. The van der Waals surface area contributed by atoms with Crippen LogP contribution in [0.4, 0.5) is 4.39 Å². The predicted octanol–water partition coefficient (Wildman–Crippen LogP) is 3.02. The number of rotatable bonds is 6. The van der Waals surface area contributed by atoms with E-state index in [4.69, 9.17) is 4.74 Å². The molecule has 0 saturated heterocycles. The molecule has 0 radical (unpaired) electrons. The fourth-order valence-electron chi connectivity index (χ4n) is 2.09. The number of amides is 2. The molecule has 0 heterocycles. The minimum atomic E-state index is -0.974. The van der Waals surface area contributed by atoms with E-state index >= 15 is 0 Å². The highest BCUT2D eigenvalue weighted by atomic mass is 19.1. The Morgan fingerprint density at radius 3 is 2.46 bits per heavy atom. The van der Waals surface area contributed by atoms with Gasteiger partial charge in [-0.15, -0.1) is 0 Å². The zero-order chi connectivity index (χ0) is 18.9. The first-order valence-corrected chi connectivity index (χ1v) is 8.27.